The van der Waals surface area contributed by atoms with Gasteiger partial charge in [-0.25, -0.2) is 0 Å². The molecule has 0 aromatic heterocycles. The Labute approximate surface area is 120 Å². The van der Waals surface area contributed by atoms with Crippen LogP contribution < -0.4 is 15.4 Å². The van der Waals surface area contributed by atoms with E-state index in [4.69, 9.17) is 4.74 Å². The van der Waals surface area contributed by atoms with Crippen LogP contribution in [0.15, 0.2) is 24.3 Å². The first kappa shape index (κ1) is 14.7. The molecule has 0 saturated heterocycles. The minimum Gasteiger partial charge on any atom is -0.477 e. The van der Waals surface area contributed by atoms with Gasteiger partial charge in [-0.2, -0.15) is 0 Å². The molecule has 0 radical (unpaired) electrons. The molecule has 1 aromatic rings. The molecule has 0 fully saturated rings. The van der Waals surface area contributed by atoms with Crippen LogP contribution in [0.3, 0.4) is 0 Å². The van der Waals surface area contributed by atoms with Crippen molar-refractivity contribution in [1.29, 1.82) is 0 Å². The number of rotatable bonds is 5. The quantitative estimate of drug-likeness (QED) is 0.869. The van der Waals surface area contributed by atoms with Crippen LogP contribution in [-0.2, 0) is 4.79 Å². The van der Waals surface area contributed by atoms with E-state index in [0.29, 0.717) is 12.5 Å². The Morgan fingerprint density at radius 2 is 2.20 bits per heavy atom. The predicted molar refractivity (Wildman–Crippen MR) is 81.0 cm³/mol. The number of hydrogen-bond acceptors (Lipinski definition) is 3. The summed E-state index contributed by atoms with van der Waals surface area (Å²) in [5.41, 5.74) is 0.948. The molecule has 0 aliphatic carbocycles. The van der Waals surface area contributed by atoms with Gasteiger partial charge < -0.3 is 15.4 Å². The molecule has 1 heterocycles. The number of para-hydroxylation sites is 2. The van der Waals surface area contributed by atoms with Crippen molar-refractivity contribution < 1.29 is 9.53 Å². The van der Waals surface area contributed by atoms with Gasteiger partial charge in [0.1, 0.15) is 5.75 Å². The maximum atomic E-state index is 12.2. The Kier molecular flexibility index (Phi) is 4.88. The van der Waals surface area contributed by atoms with E-state index in [0.717, 1.165) is 24.3 Å². The third-order valence-electron chi connectivity index (χ3n) is 3.77. The van der Waals surface area contributed by atoms with Crippen molar-refractivity contribution in [2.24, 2.45) is 5.92 Å². The Bertz CT molecular complexity index is 462. The molecule has 20 heavy (non-hydrogen) atoms. The van der Waals surface area contributed by atoms with Crippen LogP contribution in [-0.4, -0.2) is 24.6 Å². The first-order valence-electron chi connectivity index (χ1n) is 7.40. The SMILES string of the molecule is CCC(C)CC(C)NC(=O)C1CNc2ccccc2O1. The monoisotopic (exact) mass is 276 g/mol. The molecule has 0 saturated carbocycles. The zero-order valence-corrected chi connectivity index (χ0v) is 12.5. The normalized spacial score (nSPS) is 20.1. The van der Waals surface area contributed by atoms with Crippen LogP contribution in [0.1, 0.15) is 33.6 Å². The molecule has 4 heteroatoms. The Morgan fingerprint density at radius 3 is 2.95 bits per heavy atom. The Balaban J connectivity index is 1.88. The topological polar surface area (TPSA) is 50.4 Å². The van der Waals surface area contributed by atoms with E-state index in [1.54, 1.807) is 0 Å². The van der Waals surface area contributed by atoms with E-state index in [9.17, 15) is 4.79 Å². The molecular formula is C16H24N2O2. The van der Waals surface area contributed by atoms with Gasteiger partial charge in [-0.1, -0.05) is 32.4 Å². The number of benzene rings is 1. The van der Waals surface area contributed by atoms with E-state index < -0.39 is 6.10 Å². The highest BCUT2D eigenvalue weighted by Gasteiger charge is 2.26. The second-order valence-corrected chi connectivity index (χ2v) is 5.64. The van der Waals surface area contributed by atoms with E-state index in [2.05, 4.69) is 24.5 Å². The lowest BCUT2D eigenvalue weighted by molar-refractivity contribution is -0.128. The van der Waals surface area contributed by atoms with Crippen LogP contribution in [0.2, 0.25) is 0 Å². The van der Waals surface area contributed by atoms with E-state index in [1.807, 2.05) is 31.2 Å². The predicted octanol–water partition coefficient (Wildman–Crippen LogP) is 2.80. The maximum Gasteiger partial charge on any atom is 0.263 e. The first-order chi connectivity index (χ1) is 9.60. The van der Waals surface area contributed by atoms with Crippen LogP contribution in [0, 0.1) is 5.92 Å². The lowest BCUT2D eigenvalue weighted by atomic mass is 10.0. The van der Waals surface area contributed by atoms with Crippen molar-refractivity contribution in [3.63, 3.8) is 0 Å². The van der Waals surface area contributed by atoms with Gasteiger partial charge in [-0.15, -0.1) is 0 Å². The smallest absolute Gasteiger partial charge is 0.263 e. The van der Waals surface area contributed by atoms with Crippen molar-refractivity contribution in [3.8, 4) is 5.75 Å². The molecule has 1 amide bonds. The zero-order valence-electron chi connectivity index (χ0n) is 12.5. The van der Waals surface area contributed by atoms with Gasteiger partial charge in [0.05, 0.1) is 12.2 Å². The summed E-state index contributed by atoms with van der Waals surface area (Å²) in [6.45, 7) is 6.94. The number of anilines is 1. The van der Waals surface area contributed by atoms with Crippen LogP contribution >= 0.6 is 0 Å². The lowest BCUT2D eigenvalue weighted by Crippen LogP contribution is -2.47. The molecule has 1 aliphatic rings. The summed E-state index contributed by atoms with van der Waals surface area (Å²) in [5, 5.41) is 6.27. The summed E-state index contributed by atoms with van der Waals surface area (Å²) in [6.07, 6.45) is 1.68. The molecule has 2 rings (SSSR count). The number of carbonyl (C=O) groups excluding carboxylic acids is 1. The molecule has 0 spiro atoms. The third-order valence-corrected chi connectivity index (χ3v) is 3.77. The zero-order chi connectivity index (χ0) is 14.5. The van der Waals surface area contributed by atoms with Crippen molar-refractivity contribution >= 4 is 11.6 Å². The summed E-state index contributed by atoms with van der Waals surface area (Å²) >= 11 is 0. The summed E-state index contributed by atoms with van der Waals surface area (Å²) < 4.78 is 5.75. The fraction of sp³-hybridized carbons (Fsp3) is 0.562. The number of fused-ring (bicyclic) bond motifs is 1. The standard InChI is InChI=1S/C16H24N2O2/c1-4-11(2)9-12(3)18-16(19)15-10-17-13-7-5-6-8-14(13)20-15/h5-8,11-12,15,17H,4,9-10H2,1-3H3,(H,18,19). The van der Waals surface area contributed by atoms with Crippen molar-refractivity contribution in [2.45, 2.75) is 45.8 Å². The van der Waals surface area contributed by atoms with Crippen molar-refractivity contribution in [2.75, 3.05) is 11.9 Å². The number of amides is 1. The third kappa shape index (κ3) is 3.65. The number of hydrogen-bond donors (Lipinski definition) is 2. The molecule has 1 aromatic carbocycles. The summed E-state index contributed by atoms with van der Waals surface area (Å²) in [6, 6.07) is 7.87. The molecule has 0 bridgehead atoms. The highest BCUT2D eigenvalue weighted by atomic mass is 16.5. The molecule has 110 valence electrons. The van der Waals surface area contributed by atoms with Crippen LogP contribution in [0.5, 0.6) is 5.75 Å². The second kappa shape index (κ2) is 6.64. The van der Waals surface area contributed by atoms with Gasteiger partial charge in [0, 0.05) is 6.04 Å². The molecule has 2 N–H and O–H groups in total. The highest BCUT2D eigenvalue weighted by molar-refractivity contribution is 5.83. The molecular weight excluding hydrogens is 252 g/mol. The van der Waals surface area contributed by atoms with Crippen LogP contribution in [0.25, 0.3) is 0 Å². The van der Waals surface area contributed by atoms with Gasteiger partial charge in [0.2, 0.25) is 0 Å². The Morgan fingerprint density at radius 1 is 1.45 bits per heavy atom. The molecule has 4 nitrogen and oxygen atoms in total. The van der Waals surface area contributed by atoms with Crippen LogP contribution in [0.4, 0.5) is 5.69 Å². The van der Waals surface area contributed by atoms with Crippen molar-refractivity contribution in [3.05, 3.63) is 24.3 Å². The number of ether oxygens (including phenoxy) is 1. The fourth-order valence-corrected chi connectivity index (χ4v) is 2.42. The highest BCUT2D eigenvalue weighted by Crippen LogP contribution is 2.28. The number of nitrogens with one attached hydrogen (secondary N) is 2. The average Bonchev–Trinajstić information content (AvgIpc) is 2.46. The second-order valence-electron chi connectivity index (χ2n) is 5.64. The van der Waals surface area contributed by atoms with Gasteiger partial charge in [-0.3, -0.25) is 4.79 Å². The summed E-state index contributed by atoms with van der Waals surface area (Å²) in [7, 11) is 0. The molecule has 3 unspecified atom stereocenters. The minimum absolute atomic E-state index is 0.0391. The molecule has 3 atom stereocenters. The van der Waals surface area contributed by atoms with E-state index >= 15 is 0 Å². The first-order valence-corrected chi connectivity index (χ1v) is 7.40. The minimum atomic E-state index is -0.454. The molecule has 1 aliphatic heterocycles. The van der Waals surface area contributed by atoms with Crippen molar-refractivity contribution in [1.82, 2.24) is 5.32 Å². The lowest BCUT2D eigenvalue weighted by Gasteiger charge is -2.28. The van der Waals surface area contributed by atoms with Gasteiger partial charge in [0.15, 0.2) is 6.10 Å². The maximum absolute atomic E-state index is 12.2. The summed E-state index contributed by atoms with van der Waals surface area (Å²) in [4.78, 5) is 12.2. The largest absolute Gasteiger partial charge is 0.477 e. The average molecular weight is 276 g/mol. The Hall–Kier alpha value is -1.71. The fourth-order valence-electron chi connectivity index (χ4n) is 2.42. The summed E-state index contributed by atoms with van der Waals surface area (Å²) in [5.74, 6) is 1.33. The number of carbonyl (C=O) groups is 1. The van der Waals surface area contributed by atoms with E-state index in [1.165, 1.54) is 0 Å². The van der Waals surface area contributed by atoms with Gasteiger partial charge in [0.25, 0.3) is 5.91 Å². The van der Waals surface area contributed by atoms with E-state index in [-0.39, 0.29) is 11.9 Å². The van der Waals surface area contributed by atoms with Gasteiger partial charge >= 0.3 is 0 Å². The van der Waals surface area contributed by atoms with Gasteiger partial charge in [-0.05, 0) is 31.4 Å².